The van der Waals surface area contributed by atoms with E-state index in [1.807, 2.05) is 0 Å². The molecule has 0 aliphatic carbocycles. The second kappa shape index (κ2) is 4.21. The van der Waals surface area contributed by atoms with Gasteiger partial charge in [-0.25, -0.2) is 0 Å². The van der Waals surface area contributed by atoms with Gasteiger partial charge in [0.2, 0.25) is 0 Å². The fraction of sp³-hybridized carbons (Fsp3) is 0.500. The largest absolute Gasteiger partial charge is 0.481 e. The first-order valence-electron chi connectivity index (χ1n) is 4.08. The number of carbonyl (C=O) groups is 1. The Kier molecular flexibility index (Phi) is 3.21. The summed E-state index contributed by atoms with van der Waals surface area (Å²) in [5, 5.41) is 31.0. The molecule has 1 aromatic rings. The molecule has 0 bridgehead atoms. The smallest absolute Gasteiger partial charge is 0.306 e. The first-order chi connectivity index (χ1) is 6.52. The summed E-state index contributed by atoms with van der Waals surface area (Å²) in [6, 6.07) is 1.52. The SMILES string of the molecule is Cn1nccc1C(O)C(O)CC(=O)O. The molecule has 0 aliphatic rings. The number of rotatable bonds is 4. The Hall–Kier alpha value is -1.40. The van der Waals surface area contributed by atoms with Crippen LogP contribution in [0.15, 0.2) is 12.3 Å². The molecule has 3 N–H and O–H groups in total. The minimum Gasteiger partial charge on any atom is -0.481 e. The highest BCUT2D eigenvalue weighted by Gasteiger charge is 2.23. The molecule has 0 spiro atoms. The Morgan fingerprint density at radius 3 is 2.71 bits per heavy atom. The zero-order chi connectivity index (χ0) is 10.7. The van der Waals surface area contributed by atoms with Crippen molar-refractivity contribution in [3.05, 3.63) is 18.0 Å². The van der Waals surface area contributed by atoms with Gasteiger partial charge in [0, 0.05) is 13.2 Å². The summed E-state index contributed by atoms with van der Waals surface area (Å²) in [4.78, 5) is 10.3. The number of aliphatic hydroxyl groups excluding tert-OH is 2. The minimum atomic E-state index is -1.32. The van der Waals surface area contributed by atoms with Crippen molar-refractivity contribution in [1.82, 2.24) is 9.78 Å². The Bertz CT molecular complexity index is 323. The summed E-state index contributed by atoms with van der Waals surface area (Å²) < 4.78 is 1.38. The summed E-state index contributed by atoms with van der Waals surface area (Å²) in [5.74, 6) is -1.15. The molecular formula is C8H12N2O4. The highest BCUT2D eigenvalue weighted by atomic mass is 16.4. The highest BCUT2D eigenvalue weighted by Crippen LogP contribution is 2.17. The number of carboxylic acids is 1. The molecule has 0 fully saturated rings. The maximum atomic E-state index is 10.3. The second-order valence-corrected chi connectivity index (χ2v) is 2.99. The molecule has 6 nitrogen and oxygen atoms in total. The summed E-state index contributed by atoms with van der Waals surface area (Å²) in [7, 11) is 1.60. The molecule has 1 aromatic heterocycles. The van der Waals surface area contributed by atoms with Crippen LogP contribution in [0.2, 0.25) is 0 Å². The van der Waals surface area contributed by atoms with Gasteiger partial charge >= 0.3 is 5.97 Å². The van der Waals surface area contributed by atoms with Crippen molar-refractivity contribution in [1.29, 1.82) is 0 Å². The van der Waals surface area contributed by atoms with Gasteiger partial charge in [0.25, 0.3) is 0 Å². The van der Waals surface area contributed by atoms with Crippen molar-refractivity contribution in [2.75, 3.05) is 0 Å². The third-order valence-electron chi connectivity index (χ3n) is 1.91. The standard InChI is InChI=1S/C8H12N2O4/c1-10-5(2-3-9-10)8(14)6(11)4-7(12)13/h2-3,6,8,11,14H,4H2,1H3,(H,12,13). The van der Waals surface area contributed by atoms with Gasteiger partial charge in [-0.05, 0) is 6.07 Å². The summed E-state index contributed by atoms with van der Waals surface area (Å²) in [6.45, 7) is 0. The number of aryl methyl sites for hydroxylation is 1. The first-order valence-corrected chi connectivity index (χ1v) is 4.08. The van der Waals surface area contributed by atoms with Crippen LogP contribution >= 0.6 is 0 Å². The number of aromatic nitrogens is 2. The Morgan fingerprint density at radius 2 is 2.29 bits per heavy atom. The molecule has 78 valence electrons. The van der Waals surface area contributed by atoms with E-state index in [-0.39, 0.29) is 0 Å². The lowest BCUT2D eigenvalue weighted by molar-refractivity contribution is -0.141. The third-order valence-corrected chi connectivity index (χ3v) is 1.91. The van der Waals surface area contributed by atoms with E-state index in [1.165, 1.54) is 16.9 Å². The van der Waals surface area contributed by atoms with Gasteiger partial charge in [-0.1, -0.05) is 0 Å². The molecular weight excluding hydrogens is 188 g/mol. The molecule has 0 aromatic carbocycles. The zero-order valence-corrected chi connectivity index (χ0v) is 7.66. The normalized spacial score (nSPS) is 15.1. The Morgan fingerprint density at radius 1 is 1.64 bits per heavy atom. The maximum absolute atomic E-state index is 10.3. The lowest BCUT2D eigenvalue weighted by atomic mass is 10.1. The summed E-state index contributed by atoms with van der Waals surface area (Å²) in [6.07, 6.45) is -1.57. The van der Waals surface area contributed by atoms with Crippen molar-refractivity contribution in [3.63, 3.8) is 0 Å². The third kappa shape index (κ3) is 2.30. The topological polar surface area (TPSA) is 95.6 Å². The molecule has 0 aliphatic heterocycles. The molecule has 0 radical (unpaired) electrons. The molecule has 0 saturated carbocycles. The predicted molar refractivity (Wildman–Crippen MR) is 46.4 cm³/mol. The Balaban J connectivity index is 2.70. The number of nitrogens with zero attached hydrogens (tertiary/aromatic N) is 2. The van der Waals surface area contributed by atoms with Gasteiger partial charge in [-0.15, -0.1) is 0 Å². The number of aliphatic hydroxyl groups is 2. The predicted octanol–water partition coefficient (Wildman–Crippen LogP) is -0.711. The van der Waals surface area contributed by atoms with E-state index < -0.39 is 24.6 Å². The molecule has 2 unspecified atom stereocenters. The fourth-order valence-electron chi connectivity index (χ4n) is 1.16. The van der Waals surface area contributed by atoms with Crippen LogP contribution in [-0.4, -0.2) is 37.2 Å². The van der Waals surface area contributed by atoms with Crippen molar-refractivity contribution in [3.8, 4) is 0 Å². The quantitative estimate of drug-likeness (QED) is 0.596. The van der Waals surface area contributed by atoms with E-state index in [0.717, 1.165) is 0 Å². The highest BCUT2D eigenvalue weighted by molar-refractivity contribution is 5.67. The van der Waals surface area contributed by atoms with Crippen LogP contribution in [0.5, 0.6) is 0 Å². The van der Waals surface area contributed by atoms with Crippen molar-refractivity contribution < 1.29 is 20.1 Å². The van der Waals surface area contributed by atoms with Crippen LogP contribution in [0.1, 0.15) is 18.2 Å². The van der Waals surface area contributed by atoms with E-state index in [2.05, 4.69) is 5.10 Å². The van der Waals surface area contributed by atoms with Crippen LogP contribution < -0.4 is 0 Å². The average Bonchev–Trinajstić information content (AvgIpc) is 2.48. The van der Waals surface area contributed by atoms with Gasteiger partial charge < -0.3 is 15.3 Å². The van der Waals surface area contributed by atoms with Gasteiger partial charge in [0.05, 0.1) is 18.2 Å². The minimum absolute atomic E-state index is 0.388. The van der Waals surface area contributed by atoms with E-state index >= 15 is 0 Å². The van der Waals surface area contributed by atoms with Gasteiger partial charge in [0.1, 0.15) is 6.10 Å². The van der Waals surface area contributed by atoms with Crippen molar-refractivity contribution in [2.45, 2.75) is 18.6 Å². The van der Waals surface area contributed by atoms with Gasteiger partial charge in [0.15, 0.2) is 0 Å². The number of hydrogen-bond acceptors (Lipinski definition) is 4. The first kappa shape index (κ1) is 10.7. The zero-order valence-electron chi connectivity index (χ0n) is 7.66. The van der Waals surface area contributed by atoms with Crippen molar-refractivity contribution in [2.24, 2.45) is 7.05 Å². The van der Waals surface area contributed by atoms with E-state index in [1.54, 1.807) is 7.05 Å². The second-order valence-electron chi connectivity index (χ2n) is 2.99. The Labute approximate surface area is 80.4 Å². The lowest BCUT2D eigenvalue weighted by Gasteiger charge is -2.15. The van der Waals surface area contributed by atoms with Crippen LogP contribution in [0.4, 0.5) is 0 Å². The van der Waals surface area contributed by atoms with E-state index in [0.29, 0.717) is 5.69 Å². The molecule has 2 atom stereocenters. The van der Waals surface area contributed by atoms with Crippen molar-refractivity contribution >= 4 is 5.97 Å². The monoisotopic (exact) mass is 200 g/mol. The summed E-state index contributed by atoms with van der Waals surface area (Å²) in [5.41, 5.74) is 0.388. The van der Waals surface area contributed by atoms with E-state index in [4.69, 9.17) is 5.11 Å². The molecule has 1 heterocycles. The fourth-order valence-corrected chi connectivity index (χ4v) is 1.16. The van der Waals surface area contributed by atoms with Crippen LogP contribution in [0.25, 0.3) is 0 Å². The van der Waals surface area contributed by atoms with E-state index in [9.17, 15) is 15.0 Å². The number of aliphatic carboxylic acids is 1. The van der Waals surface area contributed by atoms with Crippen LogP contribution in [0, 0.1) is 0 Å². The van der Waals surface area contributed by atoms with Gasteiger partial charge in [-0.3, -0.25) is 9.48 Å². The number of hydrogen-bond donors (Lipinski definition) is 3. The molecule has 0 amide bonds. The molecule has 6 heteroatoms. The molecule has 1 rings (SSSR count). The lowest BCUT2D eigenvalue weighted by Crippen LogP contribution is -2.23. The molecule has 0 saturated heterocycles. The average molecular weight is 200 g/mol. The van der Waals surface area contributed by atoms with Gasteiger partial charge in [-0.2, -0.15) is 5.10 Å². The number of carboxylic acid groups (broad SMARTS) is 1. The van der Waals surface area contributed by atoms with Crippen LogP contribution in [-0.2, 0) is 11.8 Å². The molecule has 14 heavy (non-hydrogen) atoms. The maximum Gasteiger partial charge on any atom is 0.306 e. The van der Waals surface area contributed by atoms with Crippen LogP contribution in [0.3, 0.4) is 0 Å². The summed E-state index contributed by atoms with van der Waals surface area (Å²) >= 11 is 0.